The highest BCUT2D eigenvalue weighted by molar-refractivity contribution is 5.88. The molecule has 0 radical (unpaired) electrons. The Morgan fingerprint density at radius 3 is 2.54 bits per heavy atom. The minimum Gasteiger partial charge on any atom is -0.347 e. The number of carbonyl (C=O) groups excluding carboxylic acids is 2. The summed E-state index contributed by atoms with van der Waals surface area (Å²) in [6.45, 7) is 1.58. The maximum atomic E-state index is 13.4. The lowest BCUT2D eigenvalue weighted by Crippen LogP contribution is -2.62. The molecule has 3 rings (SSSR count). The number of likely N-dealkylation sites (tertiary alicyclic amines) is 2. The first-order valence-electron chi connectivity index (χ1n) is 8.89. The van der Waals surface area contributed by atoms with Crippen molar-refractivity contribution in [1.82, 2.24) is 14.7 Å². The van der Waals surface area contributed by atoms with Crippen LogP contribution in [0, 0.1) is 5.92 Å². The third kappa shape index (κ3) is 3.55. The first kappa shape index (κ1) is 17.6. The number of fused-ring (bicyclic) bond motifs is 2. The van der Waals surface area contributed by atoms with Gasteiger partial charge in [0.25, 0.3) is 0 Å². The summed E-state index contributed by atoms with van der Waals surface area (Å²) in [6, 6.07) is -0.159. The Bertz CT molecular complexity index is 502. The molecular weight excluding hydrogens is 316 g/mol. The molecule has 3 fully saturated rings. The molecule has 2 aliphatic heterocycles. The Morgan fingerprint density at radius 1 is 1.25 bits per heavy atom. The normalized spacial score (nSPS) is 31.2. The summed E-state index contributed by atoms with van der Waals surface area (Å²) in [4.78, 5) is 30.1. The number of amides is 2. The highest BCUT2D eigenvalue weighted by Gasteiger charge is 2.46. The van der Waals surface area contributed by atoms with Crippen LogP contribution in [0.5, 0.6) is 0 Å². The van der Waals surface area contributed by atoms with E-state index in [4.69, 9.17) is 0 Å². The Labute approximate surface area is 141 Å². The smallest absolute Gasteiger partial charge is 0.248 e. The average Bonchev–Trinajstić information content (AvgIpc) is 2.52. The van der Waals surface area contributed by atoms with Crippen LogP contribution in [0.25, 0.3) is 0 Å². The topological polar surface area (TPSA) is 43.9 Å². The third-order valence-electron chi connectivity index (χ3n) is 5.81. The van der Waals surface area contributed by atoms with E-state index in [1.165, 1.54) is 4.90 Å². The summed E-state index contributed by atoms with van der Waals surface area (Å²) in [5.74, 6) is -2.20. The number of halogens is 2. The number of carbonyl (C=O) groups is 2. The summed E-state index contributed by atoms with van der Waals surface area (Å²) in [5, 5.41) is 0. The van der Waals surface area contributed by atoms with Crippen molar-refractivity contribution >= 4 is 11.8 Å². The van der Waals surface area contributed by atoms with Crippen LogP contribution in [0.3, 0.4) is 0 Å². The first-order chi connectivity index (χ1) is 11.3. The Hall–Kier alpha value is -1.24. The number of rotatable bonds is 3. The van der Waals surface area contributed by atoms with Crippen molar-refractivity contribution in [3.05, 3.63) is 0 Å². The van der Waals surface area contributed by atoms with Gasteiger partial charge in [-0.05, 0) is 38.1 Å². The van der Waals surface area contributed by atoms with E-state index in [1.54, 1.807) is 19.0 Å². The van der Waals surface area contributed by atoms with Gasteiger partial charge in [-0.25, -0.2) is 8.78 Å². The lowest BCUT2D eigenvalue weighted by Gasteiger charge is -2.50. The fourth-order valence-corrected chi connectivity index (χ4v) is 4.32. The second kappa shape index (κ2) is 6.58. The van der Waals surface area contributed by atoms with E-state index < -0.39 is 5.92 Å². The maximum Gasteiger partial charge on any atom is 0.248 e. The van der Waals surface area contributed by atoms with Gasteiger partial charge in [0.1, 0.15) is 0 Å². The Kier molecular flexibility index (Phi) is 4.82. The molecule has 0 aromatic rings. The molecule has 5 nitrogen and oxygen atoms in total. The van der Waals surface area contributed by atoms with Gasteiger partial charge in [-0.1, -0.05) is 0 Å². The van der Waals surface area contributed by atoms with E-state index in [0.717, 1.165) is 19.4 Å². The Morgan fingerprint density at radius 2 is 1.92 bits per heavy atom. The van der Waals surface area contributed by atoms with E-state index in [0.29, 0.717) is 25.3 Å². The number of nitrogens with zero attached hydrogens (tertiary/aromatic N) is 3. The molecule has 2 bridgehead atoms. The standard InChI is InChI=1S/C17H27F2N3O2/c1-20(2)15(23)11-21-10-12-5-8-22(14(9-12)16(21)24)13-3-6-17(18,19)7-4-13/h12-14H,3-11H2,1-2H3/t12-,14+/m0/s1. The zero-order valence-corrected chi connectivity index (χ0v) is 14.5. The van der Waals surface area contributed by atoms with Crippen molar-refractivity contribution in [3.8, 4) is 0 Å². The maximum absolute atomic E-state index is 13.4. The van der Waals surface area contributed by atoms with E-state index in [2.05, 4.69) is 4.90 Å². The molecular formula is C17H27F2N3O2. The van der Waals surface area contributed by atoms with Crippen LogP contribution in [-0.2, 0) is 9.59 Å². The summed E-state index contributed by atoms with van der Waals surface area (Å²) >= 11 is 0. The van der Waals surface area contributed by atoms with E-state index in [1.807, 2.05) is 0 Å². The molecule has 2 saturated heterocycles. The highest BCUT2D eigenvalue weighted by Crippen LogP contribution is 2.39. The van der Waals surface area contributed by atoms with Crippen LogP contribution in [0.15, 0.2) is 0 Å². The van der Waals surface area contributed by atoms with Gasteiger partial charge in [0.15, 0.2) is 0 Å². The fraction of sp³-hybridized carbons (Fsp3) is 0.882. The lowest BCUT2D eigenvalue weighted by molar-refractivity contribution is -0.153. The molecule has 3 aliphatic rings. The van der Waals surface area contributed by atoms with Gasteiger partial charge in [0.2, 0.25) is 17.7 Å². The number of likely N-dealkylation sites (N-methyl/N-ethyl adjacent to an activating group) is 1. The molecule has 2 heterocycles. The molecule has 1 aliphatic carbocycles. The average molecular weight is 343 g/mol. The highest BCUT2D eigenvalue weighted by atomic mass is 19.3. The SMILES string of the molecule is CN(C)C(=O)CN1C[C@H]2CCN(C3CCC(F)(F)CC3)[C@H](C2)C1=O. The second-order valence-electron chi connectivity index (χ2n) is 7.74. The number of hydrogen-bond acceptors (Lipinski definition) is 3. The van der Waals surface area contributed by atoms with Crippen molar-refractivity contribution < 1.29 is 18.4 Å². The zero-order chi connectivity index (χ0) is 17.5. The van der Waals surface area contributed by atoms with Crippen LogP contribution in [0.4, 0.5) is 8.78 Å². The lowest BCUT2D eigenvalue weighted by atomic mass is 9.82. The molecule has 2 atom stereocenters. The third-order valence-corrected chi connectivity index (χ3v) is 5.81. The predicted molar refractivity (Wildman–Crippen MR) is 85.7 cm³/mol. The van der Waals surface area contributed by atoms with Crippen molar-refractivity contribution in [2.45, 2.75) is 56.5 Å². The number of piperidine rings is 2. The molecule has 0 unspecified atom stereocenters. The monoisotopic (exact) mass is 343 g/mol. The number of hydrogen-bond donors (Lipinski definition) is 0. The second-order valence-corrected chi connectivity index (χ2v) is 7.74. The molecule has 0 aromatic carbocycles. The Balaban J connectivity index is 1.67. The minimum absolute atomic E-state index is 0.00140. The molecule has 136 valence electrons. The largest absolute Gasteiger partial charge is 0.347 e. The molecule has 0 N–H and O–H groups in total. The van der Waals surface area contributed by atoms with Crippen LogP contribution < -0.4 is 0 Å². The summed E-state index contributed by atoms with van der Waals surface area (Å²) in [5.41, 5.74) is 0. The minimum atomic E-state index is -2.55. The van der Waals surface area contributed by atoms with Crippen LogP contribution in [0.2, 0.25) is 0 Å². The van der Waals surface area contributed by atoms with Crippen molar-refractivity contribution in [2.75, 3.05) is 33.7 Å². The van der Waals surface area contributed by atoms with Crippen LogP contribution in [-0.4, -0.2) is 78.2 Å². The van der Waals surface area contributed by atoms with Crippen LogP contribution >= 0.6 is 0 Å². The van der Waals surface area contributed by atoms with Crippen molar-refractivity contribution in [2.24, 2.45) is 5.92 Å². The molecule has 2 amide bonds. The molecule has 0 aromatic heterocycles. The van der Waals surface area contributed by atoms with E-state index in [-0.39, 0.29) is 43.3 Å². The summed E-state index contributed by atoms with van der Waals surface area (Å²) in [6.07, 6.45) is 2.53. The fourth-order valence-electron chi connectivity index (χ4n) is 4.32. The van der Waals surface area contributed by atoms with Gasteiger partial charge in [-0.2, -0.15) is 0 Å². The van der Waals surface area contributed by atoms with Gasteiger partial charge in [0, 0.05) is 39.5 Å². The van der Waals surface area contributed by atoms with Crippen LogP contribution in [0.1, 0.15) is 38.5 Å². The van der Waals surface area contributed by atoms with Gasteiger partial charge in [0.05, 0.1) is 12.6 Å². The molecule has 1 saturated carbocycles. The van der Waals surface area contributed by atoms with Crippen molar-refractivity contribution in [3.63, 3.8) is 0 Å². The molecule has 0 spiro atoms. The number of alkyl halides is 2. The van der Waals surface area contributed by atoms with E-state index in [9.17, 15) is 18.4 Å². The predicted octanol–water partition coefficient (Wildman–Crippen LogP) is 1.58. The van der Waals surface area contributed by atoms with E-state index >= 15 is 0 Å². The van der Waals surface area contributed by atoms with Gasteiger partial charge in [-0.3, -0.25) is 14.5 Å². The zero-order valence-electron chi connectivity index (χ0n) is 14.5. The molecule has 24 heavy (non-hydrogen) atoms. The van der Waals surface area contributed by atoms with Gasteiger partial charge >= 0.3 is 0 Å². The molecule has 7 heteroatoms. The summed E-state index contributed by atoms with van der Waals surface area (Å²) in [7, 11) is 3.37. The first-order valence-corrected chi connectivity index (χ1v) is 8.89. The summed E-state index contributed by atoms with van der Waals surface area (Å²) < 4.78 is 26.8. The van der Waals surface area contributed by atoms with Gasteiger partial charge in [-0.15, -0.1) is 0 Å². The van der Waals surface area contributed by atoms with Crippen molar-refractivity contribution in [1.29, 1.82) is 0 Å². The van der Waals surface area contributed by atoms with Gasteiger partial charge < -0.3 is 9.80 Å². The quantitative estimate of drug-likeness (QED) is 0.781.